The summed E-state index contributed by atoms with van der Waals surface area (Å²) in [5.74, 6) is 0.646. The molecule has 146 valence electrons. The minimum Gasteiger partial charge on any atom is -0.461 e. The van der Waals surface area contributed by atoms with Crippen LogP contribution in [-0.4, -0.2) is 53.6 Å². The number of thiazole rings is 1. The molecule has 0 saturated carbocycles. The van der Waals surface area contributed by atoms with Crippen molar-refractivity contribution in [1.29, 1.82) is 5.26 Å². The van der Waals surface area contributed by atoms with Crippen LogP contribution in [0.4, 0.5) is 5.82 Å². The number of carbonyl (C=O) groups excluding carboxylic acids is 1. The van der Waals surface area contributed by atoms with Crippen LogP contribution in [0.1, 0.15) is 29.8 Å². The smallest absolute Gasteiger partial charge is 0.312 e. The Balaban J connectivity index is 1.36. The summed E-state index contributed by atoms with van der Waals surface area (Å²) in [6, 6.07) is 5.76. The summed E-state index contributed by atoms with van der Waals surface area (Å²) in [5.41, 5.74) is 0.180. The highest BCUT2D eigenvalue weighted by atomic mass is 32.1. The van der Waals surface area contributed by atoms with Gasteiger partial charge in [-0.1, -0.05) is 0 Å². The molecule has 28 heavy (non-hydrogen) atoms. The van der Waals surface area contributed by atoms with Crippen molar-refractivity contribution in [2.75, 3.05) is 31.6 Å². The number of anilines is 1. The summed E-state index contributed by atoms with van der Waals surface area (Å²) < 4.78 is 5.75. The molecule has 2 fully saturated rings. The maximum Gasteiger partial charge on any atom is 0.312 e. The van der Waals surface area contributed by atoms with Crippen LogP contribution >= 0.6 is 11.3 Å². The third-order valence-corrected chi connectivity index (χ3v) is 6.42. The van der Waals surface area contributed by atoms with Gasteiger partial charge in [0.05, 0.1) is 17.5 Å². The molecule has 2 aromatic rings. The Morgan fingerprint density at radius 2 is 2.21 bits per heavy atom. The Kier molecular flexibility index (Phi) is 5.29. The second-order valence-corrected chi connectivity index (χ2v) is 8.59. The number of likely N-dealkylation sites (N-methyl/N-ethyl adjacent to an activating group) is 1. The molecule has 0 bridgehead atoms. The van der Waals surface area contributed by atoms with Crippen LogP contribution in [0.2, 0.25) is 0 Å². The van der Waals surface area contributed by atoms with E-state index in [-0.39, 0.29) is 12.1 Å². The lowest BCUT2D eigenvalue weighted by Crippen LogP contribution is -2.43. The molecule has 0 aliphatic carbocycles. The second-order valence-electron chi connectivity index (χ2n) is 7.61. The highest BCUT2D eigenvalue weighted by molar-refractivity contribution is 7.09. The van der Waals surface area contributed by atoms with Crippen LogP contribution in [0.5, 0.6) is 0 Å². The lowest BCUT2D eigenvalue weighted by molar-refractivity contribution is -0.150. The minimum atomic E-state index is -0.398. The number of piperidine rings is 1. The maximum absolute atomic E-state index is 12.7. The average Bonchev–Trinajstić information content (AvgIpc) is 3.30. The fourth-order valence-corrected chi connectivity index (χ4v) is 4.90. The van der Waals surface area contributed by atoms with Crippen molar-refractivity contribution in [1.82, 2.24) is 14.9 Å². The number of cyclic esters (lactones) is 1. The standard InChI is InChI=1S/C20H23N5O2S/c1-24(14-17-22-7-10-28-17)13-16-11-20(19(26)27-16)4-8-25(9-5-20)18-15(12-21)3-2-6-23-18/h2-3,6-7,10,16H,4-5,8-9,11,13-14H2,1H3. The van der Waals surface area contributed by atoms with Crippen molar-refractivity contribution in [3.05, 3.63) is 40.5 Å². The molecule has 0 aromatic carbocycles. The van der Waals surface area contributed by atoms with Crippen LogP contribution in [0.25, 0.3) is 0 Å². The Bertz CT molecular complexity index is 871. The first-order valence-electron chi connectivity index (χ1n) is 9.48. The normalized spacial score (nSPS) is 21.1. The molecule has 2 aliphatic heterocycles. The SMILES string of the molecule is CN(Cc1nccs1)CC1CC2(CCN(c3ncccc3C#N)CC2)C(=O)O1. The number of esters is 1. The van der Waals surface area contributed by atoms with Crippen LogP contribution in [0.15, 0.2) is 29.9 Å². The molecular formula is C20H23N5O2S. The third-order valence-electron chi connectivity index (χ3n) is 5.66. The van der Waals surface area contributed by atoms with Crippen LogP contribution < -0.4 is 4.90 Å². The largest absolute Gasteiger partial charge is 0.461 e. The maximum atomic E-state index is 12.7. The lowest BCUT2D eigenvalue weighted by Gasteiger charge is -2.37. The molecule has 4 rings (SSSR count). The van der Waals surface area contributed by atoms with Gasteiger partial charge in [0, 0.05) is 43.8 Å². The molecule has 0 amide bonds. The van der Waals surface area contributed by atoms with Crippen molar-refractivity contribution < 1.29 is 9.53 Å². The Morgan fingerprint density at radius 3 is 2.93 bits per heavy atom. The highest BCUT2D eigenvalue weighted by Gasteiger charge is 2.50. The Hall–Kier alpha value is -2.50. The summed E-state index contributed by atoms with van der Waals surface area (Å²) in [4.78, 5) is 25.7. The van der Waals surface area contributed by atoms with E-state index in [1.54, 1.807) is 29.7 Å². The molecule has 8 heteroatoms. The summed E-state index contributed by atoms with van der Waals surface area (Å²) in [6.45, 7) is 2.91. The first kappa shape index (κ1) is 18.8. The van der Waals surface area contributed by atoms with Gasteiger partial charge < -0.3 is 9.64 Å². The molecule has 2 aliphatic rings. The number of ether oxygens (including phenoxy) is 1. The van der Waals surface area contributed by atoms with E-state index in [2.05, 4.69) is 25.8 Å². The quantitative estimate of drug-likeness (QED) is 0.717. The number of aromatic nitrogens is 2. The van der Waals surface area contributed by atoms with Crippen LogP contribution in [0, 0.1) is 16.7 Å². The fourth-order valence-electron chi connectivity index (χ4n) is 4.20. The van der Waals surface area contributed by atoms with Gasteiger partial charge in [0.25, 0.3) is 0 Å². The van der Waals surface area contributed by atoms with Gasteiger partial charge in [0.15, 0.2) is 0 Å². The zero-order chi connectivity index (χ0) is 19.6. The van der Waals surface area contributed by atoms with Gasteiger partial charge in [0.1, 0.15) is 23.0 Å². The van der Waals surface area contributed by atoms with E-state index < -0.39 is 5.41 Å². The lowest BCUT2D eigenvalue weighted by atomic mass is 9.76. The van der Waals surface area contributed by atoms with E-state index in [9.17, 15) is 10.1 Å². The van der Waals surface area contributed by atoms with Crippen molar-refractivity contribution in [2.24, 2.45) is 5.41 Å². The second kappa shape index (κ2) is 7.86. The molecule has 1 spiro atoms. The van der Waals surface area contributed by atoms with Gasteiger partial charge in [-0.2, -0.15) is 5.26 Å². The number of nitrogens with zero attached hydrogens (tertiary/aromatic N) is 5. The number of hydrogen-bond donors (Lipinski definition) is 0. The van der Waals surface area contributed by atoms with Crippen molar-refractivity contribution >= 4 is 23.1 Å². The van der Waals surface area contributed by atoms with Crippen molar-refractivity contribution in [2.45, 2.75) is 31.9 Å². The Labute approximate surface area is 168 Å². The molecule has 0 N–H and O–H groups in total. The number of nitriles is 1. The van der Waals surface area contributed by atoms with Crippen LogP contribution in [-0.2, 0) is 16.1 Å². The first-order valence-corrected chi connectivity index (χ1v) is 10.4. The first-order chi connectivity index (χ1) is 13.6. The minimum absolute atomic E-state index is 0.0682. The topological polar surface area (TPSA) is 82.4 Å². The summed E-state index contributed by atoms with van der Waals surface area (Å²) in [6.07, 6.45) is 5.67. The van der Waals surface area contributed by atoms with Gasteiger partial charge in [0.2, 0.25) is 0 Å². The zero-order valence-electron chi connectivity index (χ0n) is 15.9. The summed E-state index contributed by atoms with van der Waals surface area (Å²) in [5, 5.41) is 12.3. The van der Waals surface area contributed by atoms with E-state index in [1.807, 2.05) is 18.6 Å². The van der Waals surface area contributed by atoms with Gasteiger partial charge in [-0.3, -0.25) is 9.69 Å². The van der Waals surface area contributed by atoms with Gasteiger partial charge in [-0.25, -0.2) is 9.97 Å². The predicted octanol–water partition coefficient (Wildman–Crippen LogP) is 2.44. The number of hydrogen-bond acceptors (Lipinski definition) is 8. The molecule has 2 saturated heterocycles. The number of pyridine rings is 1. The summed E-state index contributed by atoms with van der Waals surface area (Å²) >= 11 is 1.64. The molecular weight excluding hydrogens is 374 g/mol. The molecule has 7 nitrogen and oxygen atoms in total. The van der Waals surface area contributed by atoms with Crippen LogP contribution in [0.3, 0.4) is 0 Å². The van der Waals surface area contributed by atoms with E-state index in [1.165, 1.54) is 0 Å². The molecule has 2 aromatic heterocycles. The molecule has 1 atom stereocenters. The molecule has 4 heterocycles. The predicted molar refractivity (Wildman–Crippen MR) is 106 cm³/mol. The van der Waals surface area contributed by atoms with E-state index in [0.717, 1.165) is 37.4 Å². The zero-order valence-corrected chi connectivity index (χ0v) is 16.7. The van der Waals surface area contributed by atoms with E-state index in [4.69, 9.17) is 4.74 Å². The highest BCUT2D eigenvalue weighted by Crippen LogP contribution is 2.44. The van der Waals surface area contributed by atoms with Crippen molar-refractivity contribution in [3.63, 3.8) is 0 Å². The monoisotopic (exact) mass is 397 g/mol. The third kappa shape index (κ3) is 3.73. The number of rotatable bonds is 5. The molecule has 0 radical (unpaired) electrons. The van der Waals surface area contributed by atoms with Gasteiger partial charge in [-0.15, -0.1) is 11.3 Å². The van der Waals surface area contributed by atoms with Crippen molar-refractivity contribution in [3.8, 4) is 6.07 Å². The average molecular weight is 398 g/mol. The van der Waals surface area contributed by atoms with Gasteiger partial charge in [-0.05, 0) is 32.0 Å². The fraction of sp³-hybridized carbons (Fsp3) is 0.500. The molecule has 1 unspecified atom stereocenters. The Morgan fingerprint density at radius 1 is 1.39 bits per heavy atom. The summed E-state index contributed by atoms with van der Waals surface area (Å²) in [7, 11) is 2.04. The van der Waals surface area contributed by atoms with Gasteiger partial charge >= 0.3 is 5.97 Å². The van der Waals surface area contributed by atoms with E-state index >= 15 is 0 Å². The van der Waals surface area contributed by atoms with E-state index in [0.29, 0.717) is 24.5 Å². The number of carbonyl (C=O) groups is 1.